The predicted molar refractivity (Wildman–Crippen MR) is 73.9 cm³/mol. The molecule has 0 aliphatic heterocycles. The SMILES string of the molecule is CCc1cccc(C(C)=C(C(C)=O)C(C)C)c1. The van der Waals surface area contributed by atoms with E-state index in [-0.39, 0.29) is 11.7 Å². The first-order valence-electron chi connectivity index (χ1n) is 6.28. The molecular formula is C16H22O. The van der Waals surface area contributed by atoms with Gasteiger partial charge in [0.25, 0.3) is 0 Å². The standard InChI is InChI=1S/C16H22O/c1-6-14-8-7-9-15(10-14)12(4)16(11(2)3)13(5)17/h7-11H,6H2,1-5H3. The van der Waals surface area contributed by atoms with Crippen LogP contribution in [0.5, 0.6) is 0 Å². The summed E-state index contributed by atoms with van der Waals surface area (Å²) in [5.41, 5.74) is 4.54. The van der Waals surface area contributed by atoms with E-state index in [2.05, 4.69) is 45.0 Å². The van der Waals surface area contributed by atoms with Gasteiger partial charge in [0.1, 0.15) is 0 Å². The van der Waals surface area contributed by atoms with E-state index >= 15 is 0 Å². The molecule has 0 heterocycles. The first-order valence-corrected chi connectivity index (χ1v) is 6.28. The minimum atomic E-state index is 0.180. The number of benzene rings is 1. The first kappa shape index (κ1) is 13.7. The summed E-state index contributed by atoms with van der Waals surface area (Å²) in [6.45, 7) is 9.99. The summed E-state index contributed by atoms with van der Waals surface area (Å²) in [5, 5.41) is 0. The number of carbonyl (C=O) groups is 1. The van der Waals surface area contributed by atoms with Gasteiger partial charge in [-0.1, -0.05) is 45.0 Å². The number of aryl methyl sites for hydroxylation is 1. The fourth-order valence-electron chi connectivity index (χ4n) is 2.28. The Balaban J connectivity index is 3.28. The highest BCUT2D eigenvalue weighted by Crippen LogP contribution is 2.25. The zero-order valence-corrected chi connectivity index (χ0v) is 11.5. The number of allylic oxidation sites excluding steroid dienone is 2. The summed E-state index contributed by atoms with van der Waals surface area (Å²) in [5.74, 6) is 0.456. The third kappa shape index (κ3) is 3.29. The largest absolute Gasteiger partial charge is 0.295 e. The molecule has 1 heteroatoms. The lowest BCUT2D eigenvalue weighted by Gasteiger charge is -2.14. The quantitative estimate of drug-likeness (QED) is 0.706. The van der Waals surface area contributed by atoms with Crippen LogP contribution in [-0.4, -0.2) is 5.78 Å². The molecule has 0 aliphatic rings. The van der Waals surface area contributed by atoms with Crippen LogP contribution >= 0.6 is 0 Å². The molecule has 0 radical (unpaired) electrons. The van der Waals surface area contributed by atoms with Gasteiger partial charge in [-0.3, -0.25) is 4.79 Å². The second-order valence-electron chi connectivity index (χ2n) is 4.80. The fraction of sp³-hybridized carbons (Fsp3) is 0.438. The van der Waals surface area contributed by atoms with Crippen LogP contribution in [0, 0.1) is 5.92 Å². The smallest absolute Gasteiger partial charge is 0.156 e. The molecule has 0 fully saturated rings. The van der Waals surface area contributed by atoms with Crippen molar-refractivity contribution < 1.29 is 4.79 Å². The summed E-state index contributed by atoms with van der Waals surface area (Å²) in [7, 11) is 0. The average Bonchev–Trinajstić information content (AvgIpc) is 2.28. The van der Waals surface area contributed by atoms with Crippen LogP contribution in [-0.2, 0) is 11.2 Å². The minimum absolute atomic E-state index is 0.180. The van der Waals surface area contributed by atoms with E-state index in [1.54, 1.807) is 6.92 Å². The highest BCUT2D eigenvalue weighted by Gasteiger charge is 2.13. The Morgan fingerprint density at radius 3 is 2.35 bits per heavy atom. The number of hydrogen-bond donors (Lipinski definition) is 0. The second-order valence-corrected chi connectivity index (χ2v) is 4.80. The molecular weight excluding hydrogens is 208 g/mol. The van der Waals surface area contributed by atoms with E-state index in [9.17, 15) is 4.79 Å². The van der Waals surface area contributed by atoms with Crippen LogP contribution in [0.25, 0.3) is 5.57 Å². The van der Waals surface area contributed by atoms with Crippen molar-refractivity contribution in [1.82, 2.24) is 0 Å². The molecule has 0 saturated heterocycles. The molecule has 0 atom stereocenters. The highest BCUT2D eigenvalue weighted by atomic mass is 16.1. The van der Waals surface area contributed by atoms with E-state index in [1.807, 2.05) is 6.92 Å². The van der Waals surface area contributed by atoms with E-state index < -0.39 is 0 Å². The molecule has 0 aliphatic carbocycles. The molecule has 0 unspecified atom stereocenters. The van der Waals surface area contributed by atoms with Crippen LogP contribution in [0.2, 0.25) is 0 Å². The maximum absolute atomic E-state index is 11.7. The van der Waals surface area contributed by atoms with Crippen LogP contribution in [0.15, 0.2) is 29.8 Å². The Morgan fingerprint density at radius 2 is 1.88 bits per heavy atom. The van der Waals surface area contributed by atoms with Gasteiger partial charge in [0.15, 0.2) is 5.78 Å². The number of ketones is 1. The molecule has 0 N–H and O–H groups in total. The van der Waals surface area contributed by atoms with E-state index in [1.165, 1.54) is 11.1 Å². The fourth-order valence-corrected chi connectivity index (χ4v) is 2.28. The molecule has 1 aromatic carbocycles. The molecule has 1 aromatic rings. The van der Waals surface area contributed by atoms with E-state index in [4.69, 9.17) is 0 Å². The molecule has 0 spiro atoms. The monoisotopic (exact) mass is 230 g/mol. The molecule has 92 valence electrons. The lowest BCUT2D eigenvalue weighted by atomic mass is 9.90. The Bertz CT molecular complexity index is 439. The summed E-state index contributed by atoms with van der Waals surface area (Å²) >= 11 is 0. The lowest BCUT2D eigenvalue weighted by Crippen LogP contribution is -2.06. The second kappa shape index (κ2) is 5.81. The maximum Gasteiger partial charge on any atom is 0.156 e. The molecule has 0 amide bonds. The maximum atomic E-state index is 11.7. The Hall–Kier alpha value is -1.37. The molecule has 0 aromatic heterocycles. The van der Waals surface area contributed by atoms with Gasteiger partial charge in [0.05, 0.1) is 0 Å². The van der Waals surface area contributed by atoms with Crippen LogP contribution in [0.4, 0.5) is 0 Å². The topological polar surface area (TPSA) is 17.1 Å². The van der Waals surface area contributed by atoms with Crippen molar-refractivity contribution >= 4 is 11.4 Å². The van der Waals surface area contributed by atoms with Crippen molar-refractivity contribution in [3.63, 3.8) is 0 Å². The van der Waals surface area contributed by atoms with Gasteiger partial charge < -0.3 is 0 Å². The van der Waals surface area contributed by atoms with Crippen molar-refractivity contribution in [1.29, 1.82) is 0 Å². The lowest BCUT2D eigenvalue weighted by molar-refractivity contribution is -0.113. The summed E-state index contributed by atoms with van der Waals surface area (Å²) in [4.78, 5) is 11.7. The van der Waals surface area contributed by atoms with Gasteiger partial charge in [0, 0.05) is 5.57 Å². The first-order chi connectivity index (χ1) is 7.97. The molecule has 0 saturated carbocycles. The van der Waals surface area contributed by atoms with Crippen LogP contribution < -0.4 is 0 Å². The van der Waals surface area contributed by atoms with Crippen molar-refractivity contribution in [2.24, 2.45) is 5.92 Å². The molecule has 17 heavy (non-hydrogen) atoms. The van der Waals surface area contributed by atoms with Crippen molar-refractivity contribution in [3.8, 4) is 0 Å². The third-order valence-electron chi connectivity index (χ3n) is 3.13. The molecule has 1 rings (SSSR count). The van der Waals surface area contributed by atoms with Gasteiger partial charge >= 0.3 is 0 Å². The molecule has 1 nitrogen and oxygen atoms in total. The van der Waals surface area contributed by atoms with Crippen molar-refractivity contribution in [3.05, 3.63) is 41.0 Å². The Kier molecular flexibility index (Phi) is 4.68. The summed E-state index contributed by atoms with van der Waals surface area (Å²) in [6.07, 6.45) is 1.03. The summed E-state index contributed by atoms with van der Waals surface area (Å²) in [6, 6.07) is 8.45. The normalized spacial score (nSPS) is 12.6. The Labute approximate surface area is 105 Å². The number of Topliss-reactive ketones (excluding diaryl/α,β-unsaturated/α-hetero) is 1. The third-order valence-corrected chi connectivity index (χ3v) is 3.13. The van der Waals surface area contributed by atoms with Crippen LogP contribution in [0.1, 0.15) is 45.7 Å². The van der Waals surface area contributed by atoms with E-state index in [0.29, 0.717) is 0 Å². The Morgan fingerprint density at radius 1 is 1.24 bits per heavy atom. The van der Waals surface area contributed by atoms with Gasteiger partial charge in [-0.25, -0.2) is 0 Å². The number of hydrogen-bond acceptors (Lipinski definition) is 1. The van der Waals surface area contributed by atoms with Crippen molar-refractivity contribution in [2.75, 3.05) is 0 Å². The van der Waals surface area contributed by atoms with Gasteiger partial charge in [-0.15, -0.1) is 0 Å². The average molecular weight is 230 g/mol. The van der Waals surface area contributed by atoms with Crippen molar-refractivity contribution in [2.45, 2.75) is 41.0 Å². The zero-order valence-electron chi connectivity index (χ0n) is 11.5. The van der Waals surface area contributed by atoms with Gasteiger partial charge in [-0.05, 0) is 42.9 Å². The minimum Gasteiger partial charge on any atom is -0.295 e. The van der Waals surface area contributed by atoms with Gasteiger partial charge in [0.2, 0.25) is 0 Å². The van der Waals surface area contributed by atoms with E-state index in [0.717, 1.165) is 17.6 Å². The van der Waals surface area contributed by atoms with Crippen LogP contribution in [0.3, 0.4) is 0 Å². The van der Waals surface area contributed by atoms with Gasteiger partial charge in [-0.2, -0.15) is 0 Å². The molecule has 0 bridgehead atoms. The number of carbonyl (C=O) groups excluding carboxylic acids is 1. The summed E-state index contributed by atoms with van der Waals surface area (Å²) < 4.78 is 0. The zero-order chi connectivity index (χ0) is 13.0. The predicted octanol–water partition coefficient (Wildman–Crippen LogP) is 4.27. The highest BCUT2D eigenvalue weighted by molar-refractivity contribution is 6.01. The number of rotatable bonds is 4.